The maximum Gasteiger partial charge on any atom is 0.519 e. The Morgan fingerprint density at radius 2 is 2.27 bits per heavy atom. The van der Waals surface area contributed by atoms with E-state index < -0.39 is 12.6 Å². The van der Waals surface area contributed by atoms with Crippen LogP contribution in [0.4, 0.5) is 0 Å². The molecule has 0 saturated carbocycles. The van der Waals surface area contributed by atoms with E-state index in [2.05, 4.69) is 13.6 Å². The van der Waals surface area contributed by atoms with Gasteiger partial charge in [0.05, 0.1) is 0 Å². The molecule has 0 aliphatic heterocycles. The van der Waals surface area contributed by atoms with Gasteiger partial charge >= 0.3 is 5.82 Å². The van der Waals surface area contributed by atoms with Crippen LogP contribution in [0.15, 0.2) is 13.6 Å². The van der Waals surface area contributed by atoms with Gasteiger partial charge in [-0.05, 0) is 6.92 Å². The van der Waals surface area contributed by atoms with Crippen LogP contribution >= 0.6 is 0 Å². The Balaban J connectivity index is 2.69. The van der Waals surface area contributed by atoms with Crippen molar-refractivity contribution in [1.29, 1.82) is 0 Å². The Morgan fingerprint density at radius 3 is 2.73 bits per heavy atom. The SMILES string of the molecule is Cc1oc(=O)oc1COCO. The highest BCUT2D eigenvalue weighted by atomic mass is 16.6. The molecule has 11 heavy (non-hydrogen) atoms. The number of aliphatic hydroxyl groups excluding tert-OH is 1. The maximum atomic E-state index is 10.4. The van der Waals surface area contributed by atoms with Gasteiger partial charge in [-0.2, -0.15) is 0 Å². The molecule has 0 fully saturated rings. The summed E-state index contributed by atoms with van der Waals surface area (Å²) < 4.78 is 13.7. The van der Waals surface area contributed by atoms with Crippen LogP contribution in [0.3, 0.4) is 0 Å². The van der Waals surface area contributed by atoms with Gasteiger partial charge in [0.2, 0.25) is 0 Å². The Labute approximate surface area is 62.2 Å². The first-order valence-corrected chi connectivity index (χ1v) is 3.02. The molecule has 62 valence electrons. The smallest absolute Gasteiger partial charge is 0.396 e. The molecule has 0 atom stereocenters. The number of aryl methyl sites for hydroxylation is 1. The largest absolute Gasteiger partial charge is 0.519 e. The molecule has 0 aliphatic rings. The number of rotatable bonds is 3. The number of hydrogen-bond acceptors (Lipinski definition) is 5. The first kappa shape index (κ1) is 8.03. The molecule has 0 aliphatic carbocycles. The lowest BCUT2D eigenvalue weighted by Crippen LogP contribution is -1.94. The zero-order chi connectivity index (χ0) is 8.27. The number of ether oxygens (including phenoxy) is 1. The van der Waals surface area contributed by atoms with Crippen LogP contribution in [0.1, 0.15) is 11.5 Å². The minimum atomic E-state index is -0.751. The fraction of sp³-hybridized carbons (Fsp3) is 0.500. The third-order valence-electron chi connectivity index (χ3n) is 1.16. The van der Waals surface area contributed by atoms with E-state index >= 15 is 0 Å². The first-order chi connectivity index (χ1) is 5.24. The predicted molar refractivity (Wildman–Crippen MR) is 33.9 cm³/mol. The van der Waals surface area contributed by atoms with E-state index in [0.29, 0.717) is 11.5 Å². The fourth-order valence-electron chi connectivity index (χ4n) is 0.645. The van der Waals surface area contributed by atoms with Crippen molar-refractivity contribution >= 4 is 0 Å². The summed E-state index contributed by atoms with van der Waals surface area (Å²) in [6.45, 7) is 1.23. The molecule has 0 radical (unpaired) electrons. The van der Waals surface area contributed by atoms with Crippen molar-refractivity contribution in [3.63, 3.8) is 0 Å². The molecule has 5 nitrogen and oxygen atoms in total. The van der Waals surface area contributed by atoms with E-state index in [1.54, 1.807) is 6.92 Å². The molecule has 0 unspecified atom stereocenters. The van der Waals surface area contributed by atoms with Crippen molar-refractivity contribution in [2.75, 3.05) is 6.79 Å². The molecule has 0 bridgehead atoms. The Morgan fingerprint density at radius 1 is 1.55 bits per heavy atom. The lowest BCUT2D eigenvalue weighted by molar-refractivity contribution is -0.0180. The zero-order valence-corrected chi connectivity index (χ0v) is 5.99. The van der Waals surface area contributed by atoms with Gasteiger partial charge in [0.15, 0.2) is 5.76 Å². The van der Waals surface area contributed by atoms with Crippen LogP contribution in [-0.4, -0.2) is 11.9 Å². The monoisotopic (exact) mass is 160 g/mol. The summed E-state index contributed by atoms with van der Waals surface area (Å²) in [5, 5.41) is 8.25. The summed E-state index contributed by atoms with van der Waals surface area (Å²) in [4.78, 5) is 10.4. The minimum absolute atomic E-state index is 0.0497. The van der Waals surface area contributed by atoms with Gasteiger partial charge in [-0.25, -0.2) is 4.79 Å². The van der Waals surface area contributed by atoms with E-state index in [4.69, 9.17) is 5.11 Å². The molecule has 1 aromatic heterocycles. The standard InChI is InChI=1S/C6H8O5/c1-4-5(2-9-3-7)11-6(8)10-4/h7H,2-3H2,1H3. The normalized spacial score (nSPS) is 10.4. The zero-order valence-electron chi connectivity index (χ0n) is 5.99. The van der Waals surface area contributed by atoms with E-state index in [-0.39, 0.29) is 6.61 Å². The van der Waals surface area contributed by atoms with Crippen molar-refractivity contribution in [2.45, 2.75) is 13.5 Å². The Bertz CT molecular complexity index is 271. The first-order valence-electron chi connectivity index (χ1n) is 3.02. The highest BCUT2D eigenvalue weighted by Crippen LogP contribution is 2.05. The molecule has 0 amide bonds. The Hall–Kier alpha value is -1.07. The van der Waals surface area contributed by atoms with Gasteiger partial charge in [0.1, 0.15) is 19.2 Å². The van der Waals surface area contributed by atoms with Gasteiger partial charge in [-0.3, -0.25) is 0 Å². The van der Waals surface area contributed by atoms with Crippen LogP contribution in [0, 0.1) is 6.92 Å². The van der Waals surface area contributed by atoms with E-state index in [1.807, 2.05) is 0 Å². The van der Waals surface area contributed by atoms with E-state index in [0.717, 1.165) is 0 Å². The maximum absolute atomic E-state index is 10.4. The highest BCUT2D eigenvalue weighted by Gasteiger charge is 2.06. The molecule has 0 aromatic carbocycles. The lowest BCUT2D eigenvalue weighted by Gasteiger charge is -1.93. The van der Waals surface area contributed by atoms with Gasteiger partial charge in [-0.15, -0.1) is 0 Å². The second-order valence-electron chi connectivity index (χ2n) is 1.91. The highest BCUT2D eigenvalue weighted by molar-refractivity contribution is 4.98. The predicted octanol–water partition coefficient (Wildman–Crippen LogP) is 0.00762. The summed E-state index contributed by atoms with van der Waals surface area (Å²) in [6, 6.07) is 0. The van der Waals surface area contributed by atoms with Crippen LogP contribution in [-0.2, 0) is 11.3 Å². The van der Waals surface area contributed by atoms with Crippen molar-refractivity contribution in [1.82, 2.24) is 0 Å². The van der Waals surface area contributed by atoms with E-state index in [9.17, 15) is 4.79 Å². The molecule has 1 heterocycles. The molecule has 5 heteroatoms. The van der Waals surface area contributed by atoms with Crippen LogP contribution in [0.2, 0.25) is 0 Å². The van der Waals surface area contributed by atoms with Crippen LogP contribution in [0.5, 0.6) is 0 Å². The third-order valence-corrected chi connectivity index (χ3v) is 1.16. The quantitative estimate of drug-likeness (QED) is 0.630. The van der Waals surface area contributed by atoms with Gasteiger partial charge < -0.3 is 18.7 Å². The number of hydrogen-bond donors (Lipinski definition) is 1. The number of aliphatic hydroxyl groups is 1. The summed E-state index contributed by atoms with van der Waals surface area (Å²) in [5.74, 6) is -0.0634. The van der Waals surface area contributed by atoms with Crippen molar-refractivity contribution in [3.05, 3.63) is 22.1 Å². The van der Waals surface area contributed by atoms with Crippen LogP contribution < -0.4 is 5.82 Å². The second-order valence-corrected chi connectivity index (χ2v) is 1.91. The average molecular weight is 160 g/mol. The second kappa shape index (κ2) is 3.36. The van der Waals surface area contributed by atoms with Gasteiger partial charge in [0, 0.05) is 0 Å². The van der Waals surface area contributed by atoms with Gasteiger partial charge in [-0.1, -0.05) is 0 Å². The van der Waals surface area contributed by atoms with Crippen LogP contribution in [0.25, 0.3) is 0 Å². The van der Waals surface area contributed by atoms with Crippen molar-refractivity contribution in [2.24, 2.45) is 0 Å². The average Bonchev–Trinajstić information content (AvgIpc) is 2.26. The summed E-state index contributed by atoms with van der Waals surface area (Å²) in [5.41, 5.74) is 0. The molecular formula is C6H8O5. The molecule has 1 aromatic rings. The molecular weight excluding hydrogens is 152 g/mol. The Kier molecular flexibility index (Phi) is 2.45. The van der Waals surface area contributed by atoms with Gasteiger partial charge in [0.25, 0.3) is 0 Å². The van der Waals surface area contributed by atoms with Crippen molar-refractivity contribution < 1.29 is 18.7 Å². The third kappa shape index (κ3) is 1.92. The summed E-state index contributed by atoms with van der Waals surface area (Å²) >= 11 is 0. The molecule has 0 spiro atoms. The fourth-order valence-corrected chi connectivity index (χ4v) is 0.645. The summed E-state index contributed by atoms with van der Waals surface area (Å²) in [6.07, 6.45) is 0. The lowest BCUT2D eigenvalue weighted by atomic mass is 10.4. The molecule has 1 rings (SSSR count). The topological polar surface area (TPSA) is 72.8 Å². The molecule has 0 saturated heterocycles. The molecule has 1 N–H and O–H groups in total. The minimum Gasteiger partial charge on any atom is -0.396 e. The summed E-state index contributed by atoms with van der Waals surface area (Å²) in [7, 11) is 0. The van der Waals surface area contributed by atoms with E-state index in [1.165, 1.54) is 0 Å². The van der Waals surface area contributed by atoms with Crippen molar-refractivity contribution in [3.8, 4) is 0 Å².